The van der Waals surface area contributed by atoms with Crippen LogP contribution in [0.2, 0.25) is 0 Å². The van der Waals surface area contributed by atoms with E-state index in [0.29, 0.717) is 15.7 Å². The number of hydrogen-bond acceptors (Lipinski definition) is 4. The van der Waals surface area contributed by atoms with Gasteiger partial charge in [0, 0.05) is 28.1 Å². The van der Waals surface area contributed by atoms with Crippen LogP contribution in [0.15, 0.2) is 22.7 Å². The topological polar surface area (TPSA) is 78.2 Å². The van der Waals surface area contributed by atoms with Crippen molar-refractivity contribution >= 4 is 47.3 Å². The number of carbonyl (C=O) groups excluding carboxylic acids is 1. The molecule has 0 bridgehead atoms. The van der Waals surface area contributed by atoms with Crippen molar-refractivity contribution in [3.05, 3.63) is 28.2 Å². The van der Waals surface area contributed by atoms with Crippen LogP contribution in [-0.2, 0) is 13.8 Å². The molecule has 1 fully saturated rings. The molecule has 1 aromatic carbocycles. The second-order valence-corrected chi connectivity index (χ2v) is 7.81. The Morgan fingerprint density at radius 2 is 2.16 bits per heavy atom. The monoisotopic (exact) mass is 362 g/mol. The summed E-state index contributed by atoms with van der Waals surface area (Å²) in [4.78, 5) is 13.2. The van der Waals surface area contributed by atoms with Gasteiger partial charge in [0.25, 0.3) is 0 Å². The van der Waals surface area contributed by atoms with E-state index >= 15 is 0 Å². The van der Waals surface area contributed by atoms with Crippen LogP contribution in [0.25, 0.3) is 0 Å². The first-order chi connectivity index (χ1) is 8.84. The third kappa shape index (κ3) is 2.76. The normalized spacial score (nSPS) is 19.5. The van der Waals surface area contributed by atoms with Gasteiger partial charge in [-0.05, 0) is 28.1 Å². The lowest BCUT2D eigenvalue weighted by Gasteiger charge is -2.18. The Hall–Kier alpha value is -1.10. The van der Waals surface area contributed by atoms with E-state index in [4.69, 9.17) is 15.9 Å². The highest BCUT2D eigenvalue weighted by molar-refractivity contribution is 9.10. The zero-order valence-corrected chi connectivity index (χ0v) is 12.7. The molecule has 1 unspecified atom stereocenters. The van der Waals surface area contributed by atoms with Crippen LogP contribution in [0.5, 0.6) is 0 Å². The minimum Gasteiger partial charge on any atom is -0.310 e. The molecule has 0 radical (unpaired) electrons. The van der Waals surface area contributed by atoms with Crippen LogP contribution in [0.1, 0.15) is 12.0 Å². The van der Waals surface area contributed by atoms with E-state index < -0.39 is 14.3 Å². The maximum absolute atomic E-state index is 11.9. The average Bonchev–Trinajstić information content (AvgIpc) is 2.70. The second-order valence-electron chi connectivity index (χ2n) is 4.05. The molecule has 1 aromatic rings. The molecule has 1 saturated heterocycles. The first-order valence-corrected chi connectivity index (χ1v) is 8.43. The fraction of sp³-hybridized carbons (Fsp3) is 0.273. The summed E-state index contributed by atoms with van der Waals surface area (Å²) >= 11 is 3.22. The highest BCUT2D eigenvalue weighted by Crippen LogP contribution is 2.32. The van der Waals surface area contributed by atoms with Gasteiger partial charge in [-0.15, -0.1) is 0 Å². The van der Waals surface area contributed by atoms with Crippen LogP contribution in [-0.4, -0.2) is 26.1 Å². The van der Waals surface area contributed by atoms with Gasteiger partial charge in [-0.2, -0.15) is 5.26 Å². The summed E-state index contributed by atoms with van der Waals surface area (Å²) in [7, 11) is 1.49. The Morgan fingerprint density at radius 3 is 2.68 bits per heavy atom. The predicted molar refractivity (Wildman–Crippen MR) is 74.4 cm³/mol. The zero-order chi connectivity index (χ0) is 14.2. The van der Waals surface area contributed by atoms with E-state index in [-0.39, 0.29) is 18.9 Å². The third-order valence-electron chi connectivity index (χ3n) is 2.88. The Bertz CT molecular complexity index is 684. The quantitative estimate of drug-likeness (QED) is 0.753. The Balaban J connectivity index is 2.43. The minimum atomic E-state index is -3.79. The largest absolute Gasteiger partial charge is 0.310 e. The van der Waals surface area contributed by atoms with E-state index in [9.17, 15) is 13.2 Å². The lowest BCUT2D eigenvalue weighted by atomic mass is 10.2. The SMILES string of the molecule is N#Cc1c(Br)cccc1N1CC(S(=O)(=O)Cl)CC1=O. The molecule has 1 heterocycles. The van der Waals surface area contributed by atoms with Gasteiger partial charge >= 0.3 is 0 Å². The number of rotatable bonds is 2. The fourth-order valence-electron chi connectivity index (χ4n) is 1.94. The zero-order valence-electron chi connectivity index (χ0n) is 9.51. The summed E-state index contributed by atoms with van der Waals surface area (Å²) in [6, 6.07) is 6.95. The number of amides is 1. The number of anilines is 1. The number of nitriles is 1. The fourth-order valence-corrected chi connectivity index (χ4v) is 3.42. The van der Waals surface area contributed by atoms with Crippen molar-refractivity contribution < 1.29 is 13.2 Å². The molecule has 0 aromatic heterocycles. The van der Waals surface area contributed by atoms with Gasteiger partial charge in [-0.25, -0.2) is 8.42 Å². The molecule has 2 rings (SSSR count). The number of hydrogen-bond donors (Lipinski definition) is 0. The van der Waals surface area contributed by atoms with Crippen LogP contribution in [0.3, 0.4) is 0 Å². The van der Waals surface area contributed by atoms with Crippen molar-refractivity contribution in [2.24, 2.45) is 0 Å². The molecule has 5 nitrogen and oxygen atoms in total. The maximum atomic E-state index is 11.9. The Morgan fingerprint density at radius 1 is 1.47 bits per heavy atom. The number of halogens is 2. The van der Waals surface area contributed by atoms with Gasteiger partial charge < -0.3 is 4.90 Å². The molecule has 1 aliphatic rings. The average molecular weight is 364 g/mol. The van der Waals surface area contributed by atoms with E-state index in [1.54, 1.807) is 18.2 Å². The van der Waals surface area contributed by atoms with Crippen molar-refractivity contribution in [1.82, 2.24) is 0 Å². The summed E-state index contributed by atoms with van der Waals surface area (Å²) in [6.07, 6.45) is -0.163. The van der Waals surface area contributed by atoms with E-state index in [2.05, 4.69) is 15.9 Å². The molecular weight excluding hydrogens is 356 g/mol. The van der Waals surface area contributed by atoms with Crippen molar-refractivity contribution in [2.45, 2.75) is 11.7 Å². The summed E-state index contributed by atoms with van der Waals surface area (Å²) in [5.41, 5.74) is 0.688. The smallest absolute Gasteiger partial charge is 0.237 e. The van der Waals surface area contributed by atoms with Gasteiger partial charge in [-0.1, -0.05) is 6.07 Å². The standard InChI is InChI=1S/C11H8BrClN2O3S/c12-9-2-1-3-10(8(9)5-14)15-6-7(4-11(15)16)19(13,17)18/h1-3,7H,4,6H2. The summed E-state index contributed by atoms with van der Waals surface area (Å²) in [5.74, 6) is -0.358. The highest BCUT2D eigenvalue weighted by Gasteiger charge is 2.38. The van der Waals surface area contributed by atoms with Gasteiger partial charge in [0.05, 0.1) is 11.3 Å². The van der Waals surface area contributed by atoms with Crippen LogP contribution in [0.4, 0.5) is 5.69 Å². The predicted octanol–water partition coefficient (Wildman–Crippen LogP) is 1.99. The van der Waals surface area contributed by atoms with E-state index in [1.807, 2.05) is 6.07 Å². The minimum absolute atomic E-state index is 0.0319. The molecule has 0 aliphatic carbocycles. The molecule has 1 atom stereocenters. The van der Waals surface area contributed by atoms with Crippen LogP contribution < -0.4 is 4.90 Å². The summed E-state index contributed by atoms with van der Waals surface area (Å²) in [5, 5.41) is 8.17. The lowest BCUT2D eigenvalue weighted by molar-refractivity contribution is -0.117. The molecule has 1 amide bonds. The van der Waals surface area contributed by atoms with Gasteiger partial charge in [0.15, 0.2) is 0 Å². The van der Waals surface area contributed by atoms with Gasteiger partial charge in [0.2, 0.25) is 15.0 Å². The van der Waals surface area contributed by atoms with Crippen molar-refractivity contribution in [1.29, 1.82) is 5.26 Å². The van der Waals surface area contributed by atoms with Crippen LogP contribution in [0, 0.1) is 11.3 Å². The molecule has 0 spiro atoms. The molecule has 1 aliphatic heterocycles. The first kappa shape index (κ1) is 14.3. The number of nitrogens with zero attached hydrogens (tertiary/aromatic N) is 2. The first-order valence-electron chi connectivity index (χ1n) is 5.27. The molecule has 0 N–H and O–H groups in total. The van der Waals surface area contributed by atoms with Crippen molar-refractivity contribution in [2.75, 3.05) is 11.4 Å². The summed E-state index contributed by atoms with van der Waals surface area (Å²) < 4.78 is 23.1. The number of benzene rings is 1. The Labute approximate surface area is 123 Å². The number of carbonyl (C=O) groups is 1. The van der Waals surface area contributed by atoms with E-state index in [1.165, 1.54) is 4.90 Å². The molecular formula is C11H8BrClN2O3S. The molecule has 19 heavy (non-hydrogen) atoms. The molecule has 8 heteroatoms. The lowest BCUT2D eigenvalue weighted by Crippen LogP contribution is -2.27. The summed E-state index contributed by atoms with van der Waals surface area (Å²) in [6.45, 7) is -0.0319. The van der Waals surface area contributed by atoms with Crippen molar-refractivity contribution in [3.8, 4) is 6.07 Å². The van der Waals surface area contributed by atoms with Gasteiger partial charge in [-0.3, -0.25) is 4.79 Å². The third-order valence-corrected chi connectivity index (χ3v) is 5.41. The van der Waals surface area contributed by atoms with E-state index in [0.717, 1.165) is 0 Å². The Kier molecular flexibility index (Phi) is 3.85. The second kappa shape index (κ2) is 5.12. The van der Waals surface area contributed by atoms with Gasteiger partial charge in [0.1, 0.15) is 11.3 Å². The van der Waals surface area contributed by atoms with Crippen molar-refractivity contribution in [3.63, 3.8) is 0 Å². The highest BCUT2D eigenvalue weighted by atomic mass is 79.9. The molecule has 0 saturated carbocycles. The van der Waals surface area contributed by atoms with Crippen LogP contribution >= 0.6 is 26.6 Å². The maximum Gasteiger partial charge on any atom is 0.237 e. The molecule has 100 valence electrons.